The highest BCUT2D eigenvalue weighted by Gasteiger charge is 2.43. The Morgan fingerprint density at radius 3 is 2.22 bits per heavy atom. The largest absolute Gasteiger partial charge is 0.461 e. The molecule has 8 heteroatoms. The first-order chi connectivity index (χ1) is 10.4. The highest BCUT2D eigenvalue weighted by Crippen LogP contribution is 2.29. The van der Waals surface area contributed by atoms with Crippen LogP contribution in [0.25, 0.3) is 0 Å². The average molecular weight is 355 g/mol. The second-order valence-corrected chi connectivity index (χ2v) is 5.00. The number of hydrogen-bond donors (Lipinski definition) is 1. The standard InChI is InChI=1S/C15H18F4N2O.ClH/c1-2-13(21-9-7-20-8-10-21)11-3-5-12(6-4-11)22-15(18,19)14(16)17;/h2-6,13-14,20H,1,7-10H2;1H/t13-;/m0./s1. The number of piperazine rings is 1. The lowest BCUT2D eigenvalue weighted by Crippen LogP contribution is -2.44. The SMILES string of the molecule is C=C[C@@H](c1ccc(OC(F)(F)C(F)F)cc1)N1CCNCC1.Cl. The Hall–Kier alpha value is -1.31. The molecule has 0 unspecified atom stereocenters. The third-order valence-corrected chi connectivity index (χ3v) is 3.50. The maximum Gasteiger partial charge on any atom is 0.461 e. The normalized spacial score (nSPS) is 17.4. The number of alkyl halides is 4. The van der Waals surface area contributed by atoms with E-state index in [-0.39, 0.29) is 24.2 Å². The molecule has 1 N–H and O–H groups in total. The molecule has 1 aliphatic heterocycles. The van der Waals surface area contributed by atoms with Gasteiger partial charge in [0.15, 0.2) is 0 Å². The molecule has 1 aromatic carbocycles. The van der Waals surface area contributed by atoms with Crippen LogP contribution in [-0.4, -0.2) is 43.6 Å². The number of benzene rings is 1. The quantitative estimate of drug-likeness (QED) is 0.625. The molecule has 2 rings (SSSR count). The summed E-state index contributed by atoms with van der Waals surface area (Å²) < 4.78 is 53.9. The Morgan fingerprint density at radius 1 is 1.17 bits per heavy atom. The van der Waals surface area contributed by atoms with Gasteiger partial charge in [0.05, 0.1) is 6.04 Å². The Kier molecular flexibility index (Phi) is 7.31. The van der Waals surface area contributed by atoms with Crippen molar-refractivity contribution in [2.45, 2.75) is 18.6 Å². The van der Waals surface area contributed by atoms with Crippen molar-refractivity contribution in [3.05, 3.63) is 42.5 Å². The molecule has 1 heterocycles. The number of halogens is 5. The number of hydrogen-bond acceptors (Lipinski definition) is 3. The average Bonchev–Trinajstić information content (AvgIpc) is 2.50. The molecule has 1 fully saturated rings. The predicted octanol–water partition coefficient (Wildman–Crippen LogP) is 3.48. The topological polar surface area (TPSA) is 24.5 Å². The first-order valence-electron chi connectivity index (χ1n) is 6.96. The first kappa shape index (κ1) is 19.7. The van der Waals surface area contributed by atoms with Gasteiger partial charge < -0.3 is 10.1 Å². The summed E-state index contributed by atoms with van der Waals surface area (Å²) in [5.41, 5.74) is 0.851. The molecule has 1 atom stereocenters. The molecule has 1 aliphatic rings. The number of nitrogens with zero attached hydrogens (tertiary/aromatic N) is 1. The van der Waals surface area contributed by atoms with Crippen molar-refractivity contribution in [2.24, 2.45) is 0 Å². The molecular weight excluding hydrogens is 336 g/mol. The smallest absolute Gasteiger partial charge is 0.428 e. The van der Waals surface area contributed by atoms with Crippen LogP contribution >= 0.6 is 12.4 Å². The van der Waals surface area contributed by atoms with Crippen LogP contribution in [-0.2, 0) is 0 Å². The zero-order valence-electron chi connectivity index (χ0n) is 12.4. The van der Waals surface area contributed by atoms with E-state index in [1.54, 1.807) is 18.2 Å². The summed E-state index contributed by atoms with van der Waals surface area (Å²) in [5, 5.41) is 3.24. The first-order valence-corrected chi connectivity index (χ1v) is 6.96. The van der Waals surface area contributed by atoms with E-state index in [2.05, 4.69) is 21.5 Å². The molecule has 130 valence electrons. The summed E-state index contributed by atoms with van der Waals surface area (Å²) in [4.78, 5) is 2.20. The van der Waals surface area contributed by atoms with E-state index < -0.39 is 12.5 Å². The maximum absolute atomic E-state index is 12.8. The Morgan fingerprint density at radius 2 is 1.74 bits per heavy atom. The minimum atomic E-state index is -4.49. The van der Waals surface area contributed by atoms with Gasteiger partial charge in [-0.15, -0.1) is 19.0 Å². The zero-order chi connectivity index (χ0) is 16.2. The fourth-order valence-electron chi connectivity index (χ4n) is 2.39. The summed E-state index contributed by atoms with van der Waals surface area (Å²) in [7, 11) is 0. The summed E-state index contributed by atoms with van der Waals surface area (Å²) in [5.74, 6) is -0.294. The molecule has 3 nitrogen and oxygen atoms in total. The van der Waals surface area contributed by atoms with Crippen molar-refractivity contribution < 1.29 is 22.3 Å². The highest BCUT2D eigenvalue weighted by molar-refractivity contribution is 5.85. The van der Waals surface area contributed by atoms with Crippen molar-refractivity contribution in [3.63, 3.8) is 0 Å². The highest BCUT2D eigenvalue weighted by atomic mass is 35.5. The van der Waals surface area contributed by atoms with Crippen molar-refractivity contribution in [2.75, 3.05) is 26.2 Å². The van der Waals surface area contributed by atoms with Crippen LogP contribution in [0.1, 0.15) is 11.6 Å². The van der Waals surface area contributed by atoms with Crippen LogP contribution in [0.2, 0.25) is 0 Å². The van der Waals surface area contributed by atoms with E-state index in [0.717, 1.165) is 31.7 Å². The van der Waals surface area contributed by atoms with Gasteiger partial charge in [-0.1, -0.05) is 18.2 Å². The van der Waals surface area contributed by atoms with Crippen molar-refractivity contribution in [3.8, 4) is 5.75 Å². The fourth-order valence-corrected chi connectivity index (χ4v) is 2.39. The van der Waals surface area contributed by atoms with E-state index in [9.17, 15) is 17.6 Å². The van der Waals surface area contributed by atoms with Gasteiger partial charge in [0.25, 0.3) is 0 Å². The number of nitrogens with one attached hydrogen (secondary N) is 1. The molecule has 0 spiro atoms. The van der Waals surface area contributed by atoms with Gasteiger partial charge >= 0.3 is 12.5 Å². The fraction of sp³-hybridized carbons (Fsp3) is 0.467. The summed E-state index contributed by atoms with van der Waals surface area (Å²) >= 11 is 0. The Bertz CT molecular complexity index is 493. The summed E-state index contributed by atoms with van der Waals surface area (Å²) in [6.07, 6.45) is -6.58. The van der Waals surface area contributed by atoms with Crippen molar-refractivity contribution in [1.82, 2.24) is 10.2 Å². The maximum atomic E-state index is 12.8. The Labute approximate surface area is 138 Å². The molecule has 23 heavy (non-hydrogen) atoms. The van der Waals surface area contributed by atoms with E-state index in [4.69, 9.17) is 0 Å². The van der Waals surface area contributed by atoms with Crippen LogP contribution in [0, 0.1) is 0 Å². The number of ether oxygens (including phenoxy) is 1. The van der Waals surface area contributed by atoms with E-state index in [1.165, 1.54) is 12.1 Å². The summed E-state index contributed by atoms with van der Waals surface area (Å²) in [6, 6.07) is 5.66. The lowest BCUT2D eigenvalue weighted by atomic mass is 10.0. The molecule has 0 radical (unpaired) electrons. The lowest BCUT2D eigenvalue weighted by Gasteiger charge is -2.33. The minimum Gasteiger partial charge on any atom is -0.428 e. The molecule has 1 aromatic rings. The predicted molar refractivity (Wildman–Crippen MR) is 82.6 cm³/mol. The van der Waals surface area contributed by atoms with Gasteiger partial charge in [0.2, 0.25) is 0 Å². The van der Waals surface area contributed by atoms with Crippen LogP contribution < -0.4 is 10.1 Å². The second-order valence-electron chi connectivity index (χ2n) is 5.00. The van der Waals surface area contributed by atoms with E-state index in [1.807, 2.05) is 0 Å². The van der Waals surface area contributed by atoms with Gasteiger partial charge in [-0.2, -0.15) is 17.6 Å². The summed E-state index contributed by atoms with van der Waals surface area (Å²) in [6.45, 7) is 7.23. The van der Waals surface area contributed by atoms with Crippen LogP contribution in [0.3, 0.4) is 0 Å². The van der Waals surface area contributed by atoms with Crippen molar-refractivity contribution >= 4 is 12.4 Å². The van der Waals surface area contributed by atoms with Gasteiger partial charge in [-0.25, -0.2) is 0 Å². The van der Waals surface area contributed by atoms with Crippen molar-refractivity contribution in [1.29, 1.82) is 0 Å². The lowest BCUT2D eigenvalue weighted by molar-refractivity contribution is -0.253. The van der Waals surface area contributed by atoms with Gasteiger partial charge in [-0.05, 0) is 17.7 Å². The van der Waals surface area contributed by atoms with Crippen LogP contribution in [0.15, 0.2) is 36.9 Å². The third kappa shape index (κ3) is 5.09. The second kappa shape index (κ2) is 8.52. The third-order valence-electron chi connectivity index (χ3n) is 3.50. The molecule has 1 saturated heterocycles. The van der Waals surface area contributed by atoms with Gasteiger partial charge in [0.1, 0.15) is 5.75 Å². The van der Waals surface area contributed by atoms with Crippen LogP contribution in [0.5, 0.6) is 5.75 Å². The molecule has 0 saturated carbocycles. The Balaban J connectivity index is 0.00000264. The van der Waals surface area contributed by atoms with Gasteiger partial charge in [0, 0.05) is 26.2 Å². The molecule has 0 amide bonds. The molecule has 0 aliphatic carbocycles. The van der Waals surface area contributed by atoms with Gasteiger partial charge in [-0.3, -0.25) is 4.90 Å². The molecule has 0 bridgehead atoms. The van der Waals surface area contributed by atoms with E-state index >= 15 is 0 Å². The van der Waals surface area contributed by atoms with E-state index in [0.29, 0.717) is 0 Å². The monoisotopic (exact) mass is 354 g/mol. The zero-order valence-corrected chi connectivity index (χ0v) is 13.2. The molecular formula is C15H19ClF4N2O. The molecule has 0 aromatic heterocycles. The minimum absolute atomic E-state index is 0. The van der Waals surface area contributed by atoms with Crippen LogP contribution in [0.4, 0.5) is 17.6 Å². The number of rotatable bonds is 6.